The number of carbonyl (C=O) groups excluding carboxylic acids is 1. The number of amides is 1. The lowest BCUT2D eigenvalue weighted by Gasteiger charge is -2.15. The second-order valence-electron chi connectivity index (χ2n) is 5.27. The Morgan fingerprint density at radius 2 is 2.14 bits per heavy atom. The number of aryl methyl sites for hydroxylation is 1. The monoisotopic (exact) mass is 283 g/mol. The van der Waals surface area contributed by atoms with Gasteiger partial charge in [0.2, 0.25) is 11.9 Å². The zero-order valence-corrected chi connectivity index (χ0v) is 11.7. The molecule has 1 aromatic heterocycles. The van der Waals surface area contributed by atoms with Crippen LogP contribution in [0.25, 0.3) is 11.0 Å². The van der Waals surface area contributed by atoms with E-state index in [0.717, 1.165) is 37.0 Å². The molecule has 2 heterocycles. The van der Waals surface area contributed by atoms with Crippen molar-refractivity contribution in [2.75, 3.05) is 18.8 Å². The minimum atomic E-state index is 0.158. The van der Waals surface area contributed by atoms with E-state index in [1.807, 2.05) is 9.47 Å². The van der Waals surface area contributed by atoms with Crippen molar-refractivity contribution >= 4 is 22.9 Å². The maximum Gasteiger partial charge on any atom is 0.224 e. The summed E-state index contributed by atoms with van der Waals surface area (Å²) in [5.74, 6) is 0.541. The van der Waals surface area contributed by atoms with Gasteiger partial charge in [0.25, 0.3) is 0 Å². The van der Waals surface area contributed by atoms with Crippen LogP contribution in [-0.4, -0.2) is 33.4 Å². The third-order valence-electron chi connectivity index (χ3n) is 3.91. The fraction of sp³-hybridized carbons (Fsp3) is 0.400. The Labute approximate surface area is 122 Å². The number of rotatable bonds is 3. The number of hydrogen-bond acceptors (Lipinski definition) is 4. The van der Waals surface area contributed by atoms with Gasteiger partial charge in [-0.2, -0.15) is 5.26 Å². The van der Waals surface area contributed by atoms with Gasteiger partial charge in [0, 0.05) is 26.1 Å². The summed E-state index contributed by atoms with van der Waals surface area (Å²) in [4.78, 5) is 18.3. The predicted molar refractivity (Wildman–Crippen MR) is 79.3 cm³/mol. The number of nitrogens with zero attached hydrogens (tertiary/aromatic N) is 4. The molecular weight excluding hydrogens is 266 g/mol. The highest BCUT2D eigenvalue weighted by molar-refractivity contribution is 5.80. The average molecular weight is 283 g/mol. The Morgan fingerprint density at radius 3 is 2.86 bits per heavy atom. The first-order valence-corrected chi connectivity index (χ1v) is 7.12. The number of imidazole rings is 1. The second-order valence-corrected chi connectivity index (χ2v) is 5.27. The van der Waals surface area contributed by atoms with Crippen molar-refractivity contribution < 1.29 is 4.79 Å². The lowest BCUT2D eigenvalue weighted by Crippen LogP contribution is -2.28. The zero-order chi connectivity index (χ0) is 14.8. The smallest absolute Gasteiger partial charge is 0.224 e. The third kappa shape index (κ3) is 2.55. The molecule has 0 radical (unpaired) electrons. The maximum absolute atomic E-state index is 12.1. The van der Waals surface area contributed by atoms with Gasteiger partial charge in [-0.25, -0.2) is 4.98 Å². The van der Waals surface area contributed by atoms with Gasteiger partial charge >= 0.3 is 0 Å². The first-order chi connectivity index (χ1) is 10.2. The number of carbonyl (C=O) groups is 1. The average Bonchev–Trinajstić information content (AvgIpc) is 3.11. The van der Waals surface area contributed by atoms with Crippen molar-refractivity contribution in [3.05, 3.63) is 23.8 Å². The van der Waals surface area contributed by atoms with Crippen molar-refractivity contribution in [1.82, 2.24) is 14.5 Å². The Hall–Kier alpha value is -2.55. The quantitative estimate of drug-likeness (QED) is 0.924. The topological polar surface area (TPSA) is 87.9 Å². The number of hydrogen-bond donors (Lipinski definition) is 1. The molecule has 2 N–H and O–H groups in total. The van der Waals surface area contributed by atoms with Crippen molar-refractivity contribution in [3.8, 4) is 6.07 Å². The molecule has 1 saturated heterocycles. The molecule has 3 rings (SSSR count). The number of nitrogen functional groups attached to an aromatic ring is 1. The predicted octanol–water partition coefficient (Wildman–Crippen LogP) is 1.50. The highest BCUT2D eigenvalue weighted by atomic mass is 16.2. The number of benzene rings is 1. The van der Waals surface area contributed by atoms with Gasteiger partial charge in [-0.05, 0) is 31.0 Å². The normalized spacial score (nSPS) is 14.5. The van der Waals surface area contributed by atoms with E-state index in [9.17, 15) is 4.79 Å². The number of likely N-dealkylation sites (tertiary alicyclic amines) is 1. The molecule has 1 aliphatic heterocycles. The molecule has 1 aliphatic rings. The fourth-order valence-corrected chi connectivity index (χ4v) is 2.78. The molecule has 0 bridgehead atoms. The van der Waals surface area contributed by atoms with Gasteiger partial charge in [0.15, 0.2) is 0 Å². The largest absolute Gasteiger partial charge is 0.369 e. The van der Waals surface area contributed by atoms with E-state index in [1.165, 1.54) is 0 Å². The van der Waals surface area contributed by atoms with Crippen LogP contribution in [0.1, 0.15) is 24.8 Å². The lowest BCUT2D eigenvalue weighted by molar-refractivity contribution is -0.130. The summed E-state index contributed by atoms with van der Waals surface area (Å²) in [6.07, 6.45) is 2.59. The van der Waals surface area contributed by atoms with Crippen LogP contribution in [0.4, 0.5) is 5.95 Å². The summed E-state index contributed by atoms with van der Waals surface area (Å²) in [6.45, 7) is 2.21. The van der Waals surface area contributed by atoms with Crippen LogP contribution >= 0.6 is 0 Å². The molecule has 1 aromatic carbocycles. The van der Waals surface area contributed by atoms with E-state index in [4.69, 9.17) is 11.0 Å². The maximum atomic E-state index is 12.1. The van der Waals surface area contributed by atoms with E-state index in [1.54, 1.807) is 18.2 Å². The lowest BCUT2D eigenvalue weighted by atomic mass is 10.2. The number of aromatic nitrogens is 2. The van der Waals surface area contributed by atoms with Crippen molar-refractivity contribution in [2.24, 2.45) is 0 Å². The number of anilines is 1. The highest BCUT2D eigenvalue weighted by Gasteiger charge is 2.18. The SMILES string of the molecule is N#Cc1ccc2nc(N)n(CCC(=O)N3CCCC3)c2c1. The summed E-state index contributed by atoms with van der Waals surface area (Å²) in [5.41, 5.74) is 8.05. The molecule has 6 nitrogen and oxygen atoms in total. The molecule has 1 amide bonds. The Morgan fingerprint density at radius 1 is 1.38 bits per heavy atom. The molecule has 6 heteroatoms. The van der Waals surface area contributed by atoms with Gasteiger partial charge in [0.1, 0.15) is 0 Å². The minimum absolute atomic E-state index is 0.158. The Balaban J connectivity index is 1.81. The summed E-state index contributed by atoms with van der Waals surface area (Å²) in [6, 6.07) is 7.37. The van der Waals surface area contributed by atoms with Crippen LogP contribution in [-0.2, 0) is 11.3 Å². The summed E-state index contributed by atoms with van der Waals surface area (Å²) >= 11 is 0. The molecule has 108 valence electrons. The van der Waals surface area contributed by atoms with Crippen molar-refractivity contribution in [2.45, 2.75) is 25.8 Å². The van der Waals surface area contributed by atoms with Gasteiger partial charge in [-0.15, -0.1) is 0 Å². The summed E-state index contributed by atoms with van der Waals surface area (Å²) in [5, 5.41) is 8.98. The van der Waals surface area contributed by atoms with Crippen molar-refractivity contribution in [3.63, 3.8) is 0 Å². The molecule has 21 heavy (non-hydrogen) atoms. The van der Waals surface area contributed by atoms with Crippen LogP contribution in [0, 0.1) is 11.3 Å². The van der Waals surface area contributed by atoms with E-state index < -0.39 is 0 Å². The van der Waals surface area contributed by atoms with Crippen LogP contribution in [0.5, 0.6) is 0 Å². The van der Waals surface area contributed by atoms with E-state index >= 15 is 0 Å². The Kier molecular flexibility index (Phi) is 3.48. The van der Waals surface area contributed by atoms with E-state index in [2.05, 4.69) is 11.1 Å². The first-order valence-electron chi connectivity index (χ1n) is 7.12. The zero-order valence-electron chi connectivity index (χ0n) is 11.7. The molecule has 1 fully saturated rings. The third-order valence-corrected chi connectivity index (χ3v) is 3.91. The molecule has 2 aromatic rings. The minimum Gasteiger partial charge on any atom is -0.369 e. The van der Waals surface area contributed by atoms with Crippen molar-refractivity contribution in [1.29, 1.82) is 5.26 Å². The summed E-state index contributed by atoms with van der Waals surface area (Å²) in [7, 11) is 0. The fourth-order valence-electron chi connectivity index (χ4n) is 2.78. The van der Waals surface area contributed by atoms with Gasteiger partial charge < -0.3 is 15.2 Å². The molecule has 0 spiro atoms. The molecule has 0 atom stereocenters. The van der Waals surface area contributed by atoms with E-state index in [-0.39, 0.29) is 5.91 Å². The van der Waals surface area contributed by atoms with Crippen LogP contribution in [0.3, 0.4) is 0 Å². The number of nitrogens with two attached hydrogens (primary N) is 1. The van der Waals surface area contributed by atoms with Crippen LogP contribution < -0.4 is 5.73 Å². The number of fused-ring (bicyclic) bond motifs is 1. The Bertz CT molecular complexity index is 721. The standard InChI is InChI=1S/C15H17N5O/c16-10-11-3-4-12-13(9-11)20(15(17)18-12)8-5-14(21)19-6-1-2-7-19/h3-4,9H,1-2,5-8H2,(H2,17,18). The number of nitriles is 1. The van der Waals surface area contributed by atoms with Gasteiger partial charge in [-0.3, -0.25) is 4.79 Å². The summed E-state index contributed by atoms with van der Waals surface area (Å²) < 4.78 is 1.81. The highest BCUT2D eigenvalue weighted by Crippen LogP contribution is 2.20. The molecule has 0 unspecified atom stereocenters. The van der Waals surface area contributed by atoms with Crippen LogP contribution in [0.2, 0.25) is 0 Å². The van der Waals surface area contributed by atoms with Crippen LogP contribution in [0.15, 0.2) is 18.2 Å². The van der Waals surface area contributed by atoms with E-state index in [0.29, 0.717) is 24.5 Å². The molecule has 0 aliphatic carbocycles. The molecular formula is C15H17N5O. The van der Waals surface area contributed by atoms with Gasteiger partial charge in [0.05, 0.1) is 22.7 Å². The molecule has 0 saturated carbocycles. The first kappa shape index (κ1) is 13.4. The van der Waals surface area contributed by atoms with Gasteiger partial charge in [-0.1, -0.05) is 0 Å². The second kappa shape index (κ2) is 5.44.